The van der Waals surface area contributed by atoms with E-state index >= 15 is 0 Å². The van der Waals surface area contributed by atoms with Crippen molar-refractivity contribution in [3.8, 4) is 0 Å². The van der Waals surface area contributed by atoms with Crippen molar-refractivity contribution in [1.29, 1.82) is 0 Å². The summed E-state index contributed by atoms with van der Waals surface area (Å²) in [6.45, 7) is 9.52. The molecule has 2 heteroatoms. The van der Waals surface area contributed by atoms with Gasteiger partial charge in [-0.3, -0.25) is 0 Å². The molecule has 0 amide bonds. The van der Waals surface area contributed by atoms with Crippen molar-refractivity contribution < 1.29 is 9.47 Å². The van der Waals surface area contributed by atoms with Gasteiger partial charge in [-0.25, -0.2) is 0 Å². The Balaban J connectivity index is 2.25. The van der Waals surface area contributed by atoms with Crippen LogP contribution in [0, 0.1) is 11.8 Å². The number of ether oxygens (including phenoxy) is 2. The average Bonchev–Trinajstić information content (AvgIpc) is 2.60. The van der Waals surface area contributed by atoms with Gasteiger partial charge < -0.3 is 9.47 Å². The summed E-state index contributed by atoms with van der Waals surface area (Å²) < 4.78 is 11.8. The molecule has 0 radical (unpaired) electrons. The lowest BCUT2D eigenvalue weighted by atomic mass is 9.74. The lowest BCUT2D eigenvalue weighted by Gasteiger charge is -2.48. The van der Waals surface area contributed by atoms with Crippen molar-refractivity contribution in [3.05, 3.63) is 12.2 Å². The van der Waals surface area contributed by atoms with E-state index in [1.165, 1.54) is 0 Å². The van der Waals surface area contributed by atoms with E-state index in [-0.39, 0.29) is 17.8 Å². The largest absolute Gasteiger partial charge is 0.375 e. The minimum atomic E-state index is -0.0359. The van der Waals surface area contributed by atoms with E-state index in [9.17, 15) is 0 Å². The molecule has 1 saturated heterocycles. The number of fused-ring (bicyclic) bond motifs is 2. The van der Waals surface area contributed by atoms with Gasteiger partial charge in [0.05, 0.1) is 17.8 Å². The van der Waals surface area contributed by atoms with Crippen LogP contribution in [-0.4, -0.2) is 24.4 Å². The molecular formula is C12H20O2. The third-order valence-electron chi connectivity index (χ3n) is 4.05. The fraction of sp³-hybridized carbons (Fsp3) is 0.833. The minimum absolute atomic E-state index is 0.0359. The summed E-state index contributed by atoms with van der Waals surface area (Å²) in [5.41, 5.74) is -0.0359. The molecule has 1 fully saturated rings. The highest BCUT2D eigenvalue weighted by molar-refractivity contribution is 5.15. The van der Waals surface area contributed by atoms with Crippen LogP contribution in [0.25, 0.3) is 0 Å². The highest BCUT2D eigenvalue weighted by Crippen LogP contribution is 2.44. The van der Waals surface area contributed by atoms with Gasteiger partial charge in [0, 0.05) is 18.4 Å². The molecule has 2 aliphatic rings. The van der Waals surface area contributed by atoms with Crippen LogP contribution in [-0.2, 0) is 9.47 Å². The van der Waals surface area contributed by atoms with Gasteiger partial charge >= 0.3 is 0 Å². The number of hydrogen-bond donors (Lipinski definition) is 0. The van der Waals surface area contributed by atoms with Gasteiger partial charge in [0.25, 0.3) is 0 Å². The molecule has 2 aliphatic heterocycles. The highest BCUT2D eigenvalue weighted by atomic mass is 16.5. The quantitative estimate of drug-likeness (QED) is 0.631. The molecule has 0 aromatic carbocycles. The smallest absolute Gasteiger partial charge is 0.0818 e. The molecule has 2 nitrogen and oxygen atoms in total. The fourth-order valence-electron chi connectivity index (χ4n) is 2.70. The van der Waals surface area contributed by atoms with Crippen LogP contribution in [0.5, 0.6) is 0 Å². The summed E-state index contributed by atoms with van der Waals surface area (Å²) in [5.74, 6) is 0.875. The highest BCUT2D eigenvalue weighted by Gasteiger charge is 2.51. The van der Waals surface area contributed by atoms with Gasteiger partial charge in [-0.1, -0.05) is 26.0 Å². The second-order valence-corrected chi connectivity index (χ2v) is 4.64. The molecule has 0 aromatic heterocycles. The summed E-state index contributed by atoms with van der Waals surface area (Å²) in [6.07, 6.45) is 4.90. The molecular weight excluding hydrogens is 176 g/mol. The first-order chi connectivity index (χ1) is 6.59. The Morgan fingerprint density at radius 3 is 2.14 bits per heavy atom. The summed E-state index contributed by atoms with van der Waals surface area (Å²) in [7, 11) is 0. The Hall–Kier alpha value is -0.340. The first kappa shape index (κ1) is 10.2. The number of rotatable bonds is 2. The van der Waals surface area contributed by atoms with E-state index in [4.69, 9.17) is 9.47 Å². The molecule has 0 saturated carbocycles. The second kappa shape index (κ2) is 3.35. The van der Waals surface area contributed by atoms with Crippen molar-refractivity contribution in [1.82, 2.24) is 0 Å². The molecule has 5 atom stereocenters. The van der Waals surface area contributed by atoms with Crippen molar-refractivity contribution in [2.24, 2.45) is 11.8 Å². The minimum Gasteiger partial charge on any atom is -0.375 e. The predicted octanol–water partition coefficient (Wildman–Crippen LogP) is 2.39. The van der Waals surface area contributed by atoms with Crippen molar-refractivity contribution >= 4 is 0 Å². The molecule has 2 rings (SSSR count). The van der Waals surface area contributed by atoms with Crippen LogP contribution in [0.4, 0.5) is 0 Å². The van der Waals surface area contributed by atoms with Gasteiger partial charge in [0.15, 0.2) is 0 Å². The molecule has 2 heterocycles. The van der Waals surface area contributed by atoms with E-state index in [1.807, 2.05) is 0 Å². The lowest BCUT2D eigenvalue weighted by Crippen LogP contribution is -2.54. The van der Waals surface area contributed by atoms with Crippen LogP contribution in [0.3, 0.4) is 0 Å². The molecule has 3 unspecified atom stereocenters. The molecule has 0 spiro atoms. The predicted molar refractivity (Wildman–Crippen MR) is 56.2 cm³/mol. The Morgan fingerprint density at radius 2 is 1.71 bits per heavy atom. The van der Waals surface area contributed by atoms with E-state index in [0.717, 1.165) is 6.61 Å². The van der Waals surface area contributed by atoms with Crippen molar-refractivity contribution in [3.63, 3.8) is 0 Å². The lowest BCUT2D eigenvalue weighted by molar-refractivity contribution is -0.197. The first-order valence-electron chi connectivity index (χ1n) is 5.57. The van der Waals surface area contributed by atoms with Crippen molar-refractivity contribution in [2.75, 3.05) is 6.61 Å². The zero-order chi connectivity index (χ0) is 10.3. The maximum atomic E-state index is 5.96. The standard InChI is InChI=1S/C12H20O2/c1-5-13-12(4)8(2)10-6-7-11(14-10)9(12)3/h6-11H,5H2,1-4H3/t8-,9+,10?,11?,12?. The summed E-state index contributed by atoms with van der Waals surface area (Å²) in [5, 5.41) is 0. The number of hydrogen-bond acceptors (Lipinski definition) is 2. The topological polar surface area (TPSA) is 18.5 Å². The molecule has 80 valence electrons. The van der Waals surface area contributed by atoms with Gasteiger partial charge in [-0.15, -0.1) is 0 Å². The third kappa shape index (κ3) is 1.24. The van der Waals surface area contributed by atoms with Crippen LogP contribution < -0.4 is 0 Å². The summed E-state index contributed by atoms with van der Waals surface area (Å²) >= 11 is 0. The van der Waals surface area contributed by atoms with Gasteiger partial charge in [0.2, 0.25) is 0 Å². The van der Waals surface area contributed by atoms with Crippen LogP contribution >= 0.6 is 0 Å². The van der Waals surface area contributed by atoms with E-state index in [1.54, 1.807) is 0 Å². The zero-order valence-electron chi connectivity index (χ0n) is 9.49. The van der Waals surface area contributed by atoms with E-state index < -0.39 is 0 Å². The SMILES string of the molecule is CCOC1(C)[C@H](C)C2C=CC(O2)[C@@H]1C. The molecule has 0 aromatic rings. The van der Waals surface area contributed by atoms with E-state index in [2.05, 4.69) is 39.8 Å². The summed E-state index contributed by atoms with van der Waals surface area (Å²) in [6, 6.07) is 0. The van der Waals surface area contributed by atoms with Crippen molar-refractivity contribution in [2.45, 2.75) is 45.5 Å². The van der Waals surface area contributed by atoms with Gasteiger partial charge in [-0.05, 0) is 13.8 Å². The van der Waals surface area contributed by atoms with Gasteiger partial charge in [-0.2, -0.15) is 0 Å². The van der Waals surface area contributed by atoms with Crippen LogP contribution in [0.1, 0.15) is 27.7 Å². The molecule has 14 heavy (non-hydrogen) atoms. The van der Waals surface area contributed by atoms with Crippen LogP contribution in [0.15, 0.2) is 12.2 Å². The monoisotopic (exact) mass is 196 g/mol. The van der Waals surface area contributed by atoms with Gasteiger partial charge in [0.1, 0.15) is 0 Å². The Morgan fingerprint density at radius 1 is 1.21 bits per heavy atom. The molecule has 0 N–H and O–H groups in total. The Kier molecular flexibility index (Phi) is 2.44. The maximum Gasteiger partial charge on any atom is 0.0818 e. The van der Waals surface area contributed by atoms with E-state index in [0.29, 0.717) is 11.8 Å². The normalized spacial score (nSPS) is 51.1. The average molecular weight is 196 g/mol. The zero-order valence-corrected chi connectivity index (χ0v) is 9.49. The first-order valence-corrected chi connectivity index (χ1v) is 5.57. The molecule has 0 aliphatic carbocycles. The maximum absolute atomic E-state index is 5.96. The summed E-state index contributed by atoms with van der Waals surface area (Å²) in [4.78, 5) is 0. The molecule has 2 bridgehead atoms. The van der Waals surface area contributed by atoms with Crippen LogP contribution in [0.2, 0.25) is 0 Å². The second-order valence-electron chi connectivity index (χ2n) is 4.64. The fourth-order valence-corrected chi connectivity index (χ4v) is 2.70. The Bertz CT molecular complexity index is 229. The third-order valence-corrected chi connectivity index (χ3v) is 4.05. The Labute approximate surface area is 86.3 Å².